The number of likely N-dealkylation sites (tertiary alicyclic amines) is 2. The molecule has 9 nitrogen and oxygen atoms in total. The molecule has 3 fully saturated rings. The summed E-state index contributed by atoms with van der Waals surface area (Å²) in [5.74, 6) is -0.483. The Hall–Kier alpha value is -2.42. The van der Waals surface area contributed by atoms with Crippen LogP contribution in [0.25, 0.3) is 0 Å². The average molecular weight is 485 g/mol. The van der Waals surface area contributed by atoms with Crippen molar-refractivity contribution in [2.24, 2.45) is 0 Å². The molecule has 3 aliphatic heterocycles. The summed E-state index contributed by atoms with van der Waals surface area (Å²) in [6.45, 7) is 8.18. The molecule has 0 unspecified atom stereocenters. The summed E-state index contributed by atoms with van der Waals surface area (Å²) in [4.78, 5) is 46.1. The Morgan fingerprint density at radius 3 is 2.37 bits per heavy atom. The molecule has 0 bridgehead atoms. The minimum Gasteiger partial charge on any atom is -0.351 e. The van der Waals surface area contributed by atoms with Gasteiger partial charge in [0, 0.05) is 37.8 Å². The second-order valence-electron chi connectivity index (χ2n) is 11.0. The smallest absolute Gasteiger partial charge is 0.274 e. The Bertz CT molecular complexity index is 956. The number of carbonyl (C=O) groups is 3. The van der Waals surface area contributed by atoms with Gasteiger partial charge in [-0.3, -0.25) is 19.1 Å². The molecule has 1 saturated carbocycles. The second-order valence-corrected chi connectivity index (χ2v) is 11.0. The highest BCUT2D eigenvalue weighted by Gasteiger charge is 2.48. The molecule has 5 rings (SSSR count). The van der Waals surface area contributed by atoms with Crippen LogP contribution in [-0.2, 0) is 11.3 Å². The largest absolute Gasteiger partial charge is 0.351 e. The van der Waals surface area contributed by atoms with Crippen molar-refractivity contribution in [2.75, 3.05) is 32.7 Å². The van der Waals surface area contributed by atoms with Crippen molar-refractivity contribution in [3.63, 3.8) is 0 Å². The van der Waals surface area contributed by atoms with Gasteiger partial charge in [0.25, 0.3) is 11.8 Å². The molecular formula is C26H40N6O3. The number of likely N-dealkylation sites (N-methyl/N-ethyl adjacent to an activating group) is 1. The van der Waals surface area contributed by atoms with Gasteiger partial charge < -0.3 is 20.0 Å². The maximum Gasteiger partial charge on any atom is 0.274 e. The van der Waals surface area contributed by atoms with Crippen molar-refractivity contribution < 1.29 is 14.4 Å². The first kappa shape index (κ1) is 24.3. The predicted octanol–water partition coefficient (Wildman–Crippen LogP) is 2.27. The highest BCUT2D eigenvalue weighted by molar-refractivity contribution is 6.02. The van der Waals surface area contributed by atoms with Crippen LogP contribution < -0.4 is 5.32 Å². The van der Waals surface area contributed by atoms with Crippen LogP contribution in [0.1, 0.15) is 92.6 Å². The topological polar surface area (TPSA) is 90.8 Å². The number of nitrogens with one attached hydrogen (secondary N) is 1. The van der Waals surface area contributed by atoms with Crippen LogP contribution in [-0.4, -0.2) is 92.5 Å². The number of amides is 3. The lowest BCUT2D eigenvalue weighted by atomic mass is 9.94. The van der Waals surface area contributed by atoms with E-state index < -0.39 is 5.54 Å². The van der Waals surface area contributed by atoms with Gasteiger partial charge in [0.05, 0.1) is 6.54 Å². The van der Waals surface area contributed by atoms with Crippen LogP contribution in [0.3, 0.4) is 0 Å². The maximum atomic E-state index is 13.4. The molecule has 192 valence electrons. The van der Waals surface area contributed by atoms with Gasteiger partial charge in [-0.1, -0.05) is 19.3 Å². The molecule has 35 heavy (non-hydrogen) atoms. The van der Waals surface area contributed by atoms with E-state index >= 15 is 0 Å². The van der Waals surface area contributed by atoms with E-state index in [2.05, 4.69) is 15.3 Å². The van der Waals surface area contributed by atoms with Gasteiger partial charge >= 0.3 is 0 Å². The number of rotatable bonds is 5. The standard InChI is InChI=1S/C26H40N6O3/c1-3-31-24(34)22-17-21(23(33)30-15-11-20(12-16-30)29-13-7-4-8-14-29)28-32(22)18-26(31,2)25(35)27-19-9-5-6-10-19/h17,19-20H,3-16,18H2,1-2H3,(H,27,35)/t26-/m0/s1. The normalized spacial score (nSPS) is 26.7. The number of fused-ring (bicyclic) bond motifs is 1. The van der Waals surface area contributed by atoms with Crippen molar-refractivity contribution >= 4 is 17.7 Å². The minimum atomic E-state index is -1.03. The Kier molecular flexibility index (Phi) is 6.88. The Balaban J connectivity index is 1.28. The van der Waals surface area contributed by atoms with E-state index in [-0.39, 0.29) is 30.3 Å². The number of aromatic nitrogens is 2. The molecule has 1 aromatic rings. The zero-order valence-corrected chi connectivity index (χ0v) is 21.3. The zero-order chi connectivity index (χ0) is 24.6. The van der Waals surface area contributed by atoms with Gasteiger partial charge in [-0.05, 0) is 65.5 Å². The highest BCUT2D eigenvalue weighted by Crippen LogP contribution is 2.29. The fourth-order valence-electron chi connectivity index (χ4n) is 6.53. The third-order valence-electron chi connectivity index (χ3n) is 8.67. The molecule has 2 saturated heterocycles. The molecule has 4 heterocycles. The lowest BCUT2D eigenvalue weighted by Crippen LogP contribution is -2.64. The monoisotopic (exact) mass is 484 g/mol. The molecule has 0 spiro atoms. The molecule has 1 aromatic heterocycles. The van der Waals surface area contributed by atoms with Crippen molar-refractivity contribution in [3.8, 4) is 0 Å². The Labute approximate surface area is 208 Å². The van der Waals surface area contributed by atoms with Crippen molar-refractivity contribution in [3.05, 3.63) is 17.5 Å². The van der Waals surface area contributed by atoms with Crippen LogP contribution in [0.2, 0.25) is 0 Å². The fraction of sp³-hybridized carbons (Fsp3) is 0.769. The minimum absolute atomic E-state index is 0.114. The van der Waals surface area contributed by atoms with E-state index in [1.165, 1.54) is 32.4 Å². The fourth-order valence-corrected chi connectivity index (χ4v) is 6.53. The van der Waals surface area contributed by atoms with Crippen LogP contribution >= 0.6 is 0 Å². The van der Waals surface area contributed by atoms with E-state index in [9.17, 15) is 14.4 Å². The van der Waals surface area contributed by atoms with E-state index in [1.807, 2.05) is 18.7 Å². The molecule has 4 aliphatic rings. The summed E-state index contributed by atoms with van der Waals surface area (Å²) in [6.07, 6.45) is 10.1. The van der Waals surface area contributed by atoms with Crippen LogP contribution in [0, 0.1) is 0 Å². The van der Waals surface area contributed by atoms with E-state index in [0.717, 1.165) is 51.6 Å². The summed E-state index contributed by atoms with van der Waals surface area (Å²) in [5, 5.41) is 7.72. The van der Waals surface area contributed by atoms with Gasteiger partial charge in [0.1, 0.15) is 11.2 Å². The van der Waals surface area contributed by atoms with Crippen LogP contribution in [0.15, 0.2) is 6.07 Å². The second kappa shape index (κ2) is 9.91. The van der Waals surface area contributed by atoms with E-state index in [0.29, 0.717) is 24.0 Å². The maximum absolute atomic E-state index is 13.4. The van der Waals surface area contributed by atoms with Crippen molar-refractivity contribution in [1.29, 1.82) is 0 Å². The average Bonchev–Trinajstić information content (AvgIpc) is 3.54. The van der Waals surface area contributed by atoms with Gasteiger partial charge in [-0.15, -0.1) is 0 Å². The number of hydrogen-bond donors (Lipinski definition) is 1. The molecule has 1 atom stereocenters. The molecule has 1 N–H and O–H groups in total. The van der Waals surface area contributed by atoms with Crippen molar-refractivity contribution in [2.45, 2.75) is 95.8 Å². The van der Waals surface area contributed by atoms with Crippen molar-refractivity contribution in [1.82, 2.24) is 29.8 Å². The first-order valence-corrected chi connectivity index (χ1v) is 13.6. The Morgan fingerprint density at radius 2 is 1.71 bits per heavy atom. The van der Waals surface area contributed by atoms with Gasteiger partial charge in [0.15, 0.2) is 5.69 Å². The van der Waals surface area contributed by atoms with Gasteiger partial charge in [0.2, 0.25) is 5.91 Å². The van der Waals surface area contributed by atoms with Gasteiger partial charge in [-0.2, -0.15) is 5.10 Å². The number of piperidine rings is 2. The number of nitrogens with zero attached hydrogens (tertiary/aromatic N) is 5. The molecule has 1 aliphatic carbocycles. The number of carbonyl (C=O) groups excluding carboxylic acids is 3. The third-order valence-corrected chi connectivity index (χ3v) is 8.67. The SMILES string of the molecule is CCN1C(=O)c2cc(C(=O)N3CCC(N4CCCCC4)CC3)nn2C[C@@]1(C)C(=O)NC1CCCC1. The third kappa shape index (κ3) is 4.59. The quantitative estimate of drug-likeness (QED) is 0.692. The molecule has 3 amide bonds. The van der Waals surface area contributed by atoms with Gasteiger partial charge in [-0.25, -0.2) is 0 Å². The molecule has 0 aromatic carbocycles. The first-order chi connectivity index (χ1) is 16.9. The summed E-state index contributed by atoms with van der Waals surface area (Å²) >= 11 is 0. The summed E-state index contributed by atoms with van der Waals surface area (Å²) in [6, 6.07) is 2.36. The molecular weight excluding hydrogens is 444 g/mol. The number of hydrogen-bond acceptors (Lipinski definition) is 5. The van der Waals surface area contributed by atoms with E-state index in [4.69, 9.17) is 0 Å². The summed E-state index contributed by atoms with van der Waals surface area (Å²) in [5.41, 5.74) is -0.327. The Morgan fingerprint density at radius 1 is 1.03 bits per heavy atom. The van der Waals surface area contributed by atoms with E-state index in [1.54, 1.807) is 15.6 Å². The van der Waals surface area contributed by atoms with Crippen LogP contribution in [0.4, 0.5) is 0 Å². The summed E-state index contributed by atoms with van der Waals surface area (Å²) in [7, 11) is 0. The van der Waals surface area contributed by atoms with Crippen LogP contribution in [0.5, 0.6) is 0 Å². The first-order valence-electron chi connectivity index (χ1n) is 13.6. The summed E-state index contributed by atoms with van der Waals surface area (Å²) < 4.78 is 1.58. The highest BCUT2D eigenvalue weighted by atomic mass is 16.2. The molecule has 9 heteroatoms. The predicted molar refractivity (Wildman–Crippen MR) is 132 cm³/mol. The molecule has 0 radical (unpaired) electrons. The lowest BCUT2D eigenvalue weighted by molar-refractivity contribution is -0.133. The zero-order valence-electron chi connectivity index (χ0n) is 21.3. The lowest BCUT2D eigenvalue weighted by Gasteiger charge is -2.43.